The molecule has 0 aliphatic carbocycles. The van der Waals surface area contributed by atoms with Gasteiger partial charge < -0.3 is 4.74 Å². The normalized spacial score (nSPS) is 12.5. The number of hydrogen-bond donors (Lipinski definition) is 0. The molecule has 1 aromatic rings. The largest absolute Gasteiger partial charge is 0.469 e. The molecule has 3 nitrogen and oxygen atoms in total. The summed E-state index contributed by atoms with van der Waals surface area (Å²) in [5.41, 5.74) is 1.08. The summed E-state index contributed by atoms with van der Waals surface area (Å²) in [6, 6.07) is 0. The Hall–Kier alpha value is -0.900. The minimum absolute atomic E-state index is 0.227. The van der Waals surface area contributed by atoms with Crippen LogP contribution in [-0.2, 0) is 16.0 Å². The third kappa shape index (κ3) is 2.80. The Bertz CT molecular complexity index is 309. The number of hydrogen-bond acceptors (Lipinski definition) is 4. The van der Waals surface area contributed by atoms with Gasteiger partial charge in [0.2, 0.25) is 0 Å². The molecule has 0 radical (unpaired) electrons. The molecule has 0 N–H and O–H groups in total. The summed E-state index contributed by atoms with van der Waals surface area (Å²) >= 11 is 1.52. The summed E-state index contributed by atoms with van der Waals surface area (Å²) in [5.74, 6) is 0.243. The average molecular weight is 213 g/mol. The average Bonchev–Trinajstić information content (AvgIpc) is 2.65. The van der Waals surface area contributed by atoms with E-state index in [1.54, 1.807) is 0 Å². The molecule has 1 aromatic heterocycles. The number of nitrogens with zero attached hydrogens (tertiary/aromatic N) is 1. The zero-order valence-corrected chi connectivity index (χ0v) is 9.56. The van der Waals surface area contributed by atoms with Crippen LogP contribution in [0.25, 0.3) is 0 Å². The molecule has 78 valence electrons. The van der Waals surface area contributed by atoms with E-state index in [0.717, 1.165) is 17.1 Å². The Morgan fingerprint density at radius 3 is 3.00 bits per heavy atom. The molecular weight excluding hydrogens is 198 g/mol. The lowest BCUT2D eigenvalue weighted by molar-refractivity contribution is -0.139. The molecule has 0 aromatic carbocycles. The molecule has 4 heteroatoms. The van der Waals surface area contributed by atoms with Crippen molar-refractivity contribution < 1.29 is 9.53 Å². The molecule has 0 saturated carbocycles. The van der Waals surface area contributed by atoms with Gasteiger partial charge in [-0.2, -0.15) is 0 Å². The number of aromatic nitrogens is 1. The van der Waals surface area contributed by atoms with E-state index < -0.39 is 0 Å². The van der Waals surface area contributed by atoms with Gasteiger partial charge in [0, 0.05) is 5.38 Å². The molecule has 0 aliphatic rings. The molecule has 1 unspecified atom stereocenters. The lowest BCUT2D eigenvalue weighted by Gasteiger charge is -2.02. The minimum atomic E-state index is -0.227. The zero-order chi connectivity index (χ0) is 10.6. The van der Waals surface area contributed by atoms with Crippen LogP contribution in [0.4, 0.5) is 0 Å². The fourth-order valence-corrected chi connectivity index (χ4v) is 1.94. The van der Waals surface area contributed by atoms with Crippen molar-refractivity contribution in [3.63, 3.8) is 0 Å². The summed E-state index contributed by atoms with van der Waals surface area (Å²) < 4.78 is 4.58. The van der Waals surface area contributed by atoms with Crippen LogP contribution in [0.15, 0.2) is 5.38 Å². The van der Waals surface area contributed by atoms with Gasteiger partial charge in [-0.3, -0.25) is 4.79 Å². The number of carbonyl (C=O) groups is 1. The zero-order valence-electron chi connectivity index (χ0n) is 8.74. The Kier molecular flexibility index (Phi) is 4.07. The van der Waals surface area contributed by atoms with Gasteiger partial charge in [-0.1, -0.05) is 13.8 Å². The Labute approximate surface area is 88.1 Å². The summed E-state index contributed by atoms with van der Waals surface area (Å²) in [6.45, 7) is 4.26. The van der Waals surface area contributed by atoms with Crippen molar-refractivity contribution in [3.8, 4) is 0 Å². The van der Waals surface area contributed by atoms with Gasteiger partial charge in [0.1, 0.15) is 5.01 Å². The highest BCUT2D eigenvalue weighted by molar-refractivity contribution is 7.09. The first-order valence-corrected chi connectivity index (χ1v) is 5.56. The van der Waals surface area contributed by atoms with E-state index in [0.29, 0.717) is 5.92 Å². The molecule has 0 fully saturated rings. The molecule has 0 aliphatic heterocycles. The highest BCUT2D eigenvalue weighted by atomic mass is 32.1. The van der Waals surface area contributed by atoms with Crippen molar-refractivity contribution in [2.45, 2.75) is 32.6 Å². The van der Waals surface area contributed by atoms with Crippen molar-refractivity contribution in [1.82, 2.24) is 4.98 Å². The number of carbonyl (C=O) groups excluding carboxylic acids is 1. The van der Waals surface area contributed by atoms with Crippen molar-refractivity contribution in [2.75, 3.05) is 7.11 Å². The Morgan fingerprint density at radius 1 is 1.71 bits per heavy atom. The van der Waals surface area contributed by atoms with Crippen LogP contribution >= 0.6 is 11.3 Å². The SMILES string of the molecule is CCC(C)c1csc(CC(=O)OC)n1. The molecule has 1 rings (SSSR count). The second kappa shape index (κ2) is 5.10. The van der Waals surface area contributed by atoms with E-state index in [9.17, 15) is 4.79 Å². The van der Waals surface area contributed by atoms with Gasteiger partial charge in [0.25, 0.3) is 0 Å². The van der Waals surface area contributed by atoms with Crippen LogP contribution in [0.2, 0.25) is 0 Å². The smallest absolute Gasteiger partial charge is 0.312 e. The topological polar surface area (TPSA) is 39.2 Å². The second-order valence-electron chi connectivity index (χ2n) is 3.23. The highest BCUT2D eigenvalue weighted by Gasteiger charge is 2.10. The third-order valence-corrected chi connectivity index (χ3v) is 3.08. The quantitative estimate of drug-likeness (QED) is 0.721. The maximum Gasteiger partial charge on any atom is 0.312 e. The van der Waals surface area contributed by atoms with Crippen LogP contribution in [-0.4, -0.2) is 18.1 Å². The van der Waals surface area contributed by atoms with E-state index in [2.05, 4.69) is 23.6 Å². The number of methoxy groups -OCH3 is 1. The standard InChI is InChI=1S/C10H15NO2S/c1-4-7(2)8-6-14-9(11-8)5-10(12)13-3/h6-7H,4-5H2,1-3H3. The van der Waals surface area contributed by atoms with Crippen molar-refractivity contribution >= 4 is 17.3 Å². The van der Waals surface area contributed by atoms with E-state index in [1.807, 2.05) is 5.38 Å². The van der Waals surface area contributed by atoms with Crippen molar-refractivity contribution in [2.24, 2.45) is 0 Å². The first kappa shape index (κ1) is 11.2. The van der Waals surface area contributed by atoms with Crippen molar-refractivity contribution in [3.05, 3.63) is 16.1 Å². The van der Waals surface area contributed by atoms with Gasteiger partial charge in [0.05, 0.1) is 19.2 Å². The van der Waals surface area contributed by atoms with Gasteiger partial charge in [-0.25, -0.2) is 4.98 Å². The molecule has 0 bridgehead atoms. The fourth-order valence-electron chi connectivity index (χ4n) is 1.04. The lowest BCUT2D eigenvalue weighted by Crippen LogP contribution is -2.04. The van der Waals surface area contributed by atoms with Crippen LogP contribution < -0.4 is 0 Å². The van der Waals surface area contributed by atoms with Crippen LogP contribution in [0.3, 0.4) is 0 Å². The molecule has 14 heavy (non-hydrogen) atoms. The molecular formula is C10H15NO2S. The fraction of sp³-hybridized carbons (Fsp3) is 0.600. The van der Waals surface area contributed by atoms with Gasteiger partial charge in [-0.15, -0.1) is 11.3 Å². The first-order chi connectivity index (χ1) is 6.67. The van der Waals surface area contributed by atoms with Gasteiger partial charge in [-0.05, 0) is 12.3 Å². The lowest BCUT2D eigenvalue weighted by atomic mass is 10.1. The van der Waals surface area contributed by atoms with E-state index in [4.69, 9.17) is 0 Å². The summed E-state index contributed by atoms with van der Waals surface area (Å²) in [7, 11) is 1.39. The third-order valence-electron chi connectivity index (χ3n) is 2.21. The molecule has 1 atom stereocenters. The monoisotopic (exact) mass is 213 g/mol. The summed E-state index contributed by atoms with van der Waals surface area (Å²) in [4.78, 5) is 15.4. The minimum Gasteiger partial charge on any atom is -0.469 e. The molecule has 0 saturated heterocycles. The van der Waals surface area contributed by atoms with Crippen LogP contribution in [0.1, 0.15) is 36.9 Å². The van der Waals surface area contributed by atoms with Crippen molar-refractivity contribution in [1.29, 1.82) is 0 Å². The Balaban J connectivity index is 2.63. The second-order valence-corrected chi connectivity index (χ2v) is 4.17. The van der Waals surface area contributed by atoms with Crippen LogP contribution in [0, 0.1) is 0 Å². The maximum atomic E-state index is 11.0. The maximum absolute atomic E-state index is 11.0. The Morgan fingerprint density at radius 2 is 2.43 bits per heavy atom. The number of thiazole rings is 1. The summed E-state index contributed by atoms with van der Waals surface area (Å²) in [5, 5.41) is 2.86. The van der Waals surface area contributed by atoms with E-state index in [1.165, 1.54) is 18.4 Å². The van der Waals surface area contributed by atoms with Gasteiger partial charge in [0.15, 0.2) is 0 Å². The van der Waals surface area contributed by atoms with E-state index >= 15 is 0 Å². The number of rotatable bonds is 4. The molecule has 0 amide bonds. The summed E-state index contributed by atoms with van der Waals surface area (Å²) in [6.07, 6.45) is 1.36. The van der Waals surface area contributed by atoms with Crippen LogP contribution in [0.5, 0.6) is 0 Å². The number of ether oxygens (including phenoxy) is 1. The predicted molar refractivity (Wildman–Crippen MR) is 56.5 cm³/mol. The first-order valence-electron chi connectivity index (χ1n) is 4.68. The number of esters is 1. The molecule has 1 heterocycles. The highest BCUT2D eigenvalue weighted by Crippen LogP contribution is 2.21. The van der Waals surface area contributed by atoms with E-state index in [-0.39, 0.29) is 12.4 Å². The van der Waals surface area contributed by atoms with Gasteiger partial charge >= 0.3 is 5.97 Å². The molecule has 0 spiro atoms. The predicted octanol–water partition coefficient (Wildman–Crippen LogP) is 2.37.